The Balaban J connectivity index is 2.84. The molecule has 0 aliphatic carbocycles. The second-order valence-electron chi connectivity index (χ2n) is 4.20. The average Bonchev–Trinajstić information content (AvgIpc) is 2.42. The molecule has 0 amide bonds. The number of halogens is 3. The third-order valence-electron chi connectivity index (χ3n) is 2.62. The maximum atomic E-state index is 5.84. The summed E-state index contributed by atoms with van der Waals surface area (Å²) < 4.78 is 6.73. The lowest BCUT2D eigenvalue weighted by Crippen LogP contribution is -2.20. The molecule has 1 aromatic carbocycles. The number of benzene rings is 1. The van der Waals surface area contributed by atoms with Crippen LogP contribution in [0.5, 0.6) is 5.75 Å². The first kappa shape index (κ1) is 16.8. The van der Waals surface area contributed by atoms with Gasteiger partial charge in [0, 0.05) is 21.6 Å². The fraction of sp³-hybridized carbons (Fsp3) is 0.429. The first-order valence-electron chi connectivity index (χ1n) is 6.18. The Hall–Kier alpha value is -0.220. The van der Waals surface area contributed by atoms with Crippen LogP contribution in [0.3, 0.4) is 0 Å². The number of nitrogens with one attached hydrogen (secondary N) is 1. The maximum Gasteiger partial charge on any atom is 0.125 e. The molecule has 0 fully saturated rings. The van der Waals surface area contributed by atoms with Crippen LogP contribution in [0.4, 0.5) is 0 Å². The summed E-state index contributed by atoms with van der Waals surface area (Å²) >= 11 is 14.8. The summed E-state index contributed by atoms with van der Waals surface area (Å²) in [6.07, 6.45) is 1.09. The van der Waals surface area contributed by atoms with Crippen molar-refractivity contribution < 1.29 is 4.74 Å². The highest BCUT2D eigenvalue weighted by Gasteiger charge is 2.12. The Kier molecular flexibility index (Phi) is 7.84. The lowest BCUT2D eigenvalue weighted by atomic mass is 10.1. The first-order valence-corrected chi connectivity index (χ1v) is 7.79. The zero-order chi connectivity index (χ0) is 14.3. The van der Waals surface area contributed by atoms with Gasteiger partial charge >= 0.3 is 0 Å². The van der Waals surface area contributed by atoms with Crippen LogP contribution in [0.25, 0.3) is 0 Å². The second kappa shape index (κ2) is 8.85. The molecule has 0 aliphatic rings. The fourth-order valence-corrected chi connectivity index (χ4v) is 2.13. The minimum atomic E-state index is 0.214. The van der Waals surface area contributed by atoms with E-state index in [1.54, 1.807) is 0 Å². The van der Waals surface area contributed by atoms with Gasteiger partial charge in [-0.2, -0.15) is 0 Å². The Morgan fingerprint density at radius 1 is 1.53 bits per heavy atom. The summed E-state index contributed by atoms with van der Waals surface area (Å²) in [7, 11) is 0. The van der Waals surface area contributed by atoms with Crippen molar-refractivity contribution in [2.45, 2.75) is 26.3 Å². The smallest absolute Gasteiger partial charge is 0.125 e. The molecule has 19 heavy (non-hydrogen) atoms. The summed E-state index contributed by atoms with van der Waals surface area (Å²) in [6.45, 7) is 5.50. The topological polar surface area (TPSA) is 21.3 Å². The Morgan fingerprint density at radius 3 is 2.89 bits per heavy atom. The van der Waals surface area contributed by atoms with Gasteiger partial charge in [0.1, 0.15) is 12.4 Å². The van der Waals surface area contributed by atoms with E-state index in [-0.39, 0.29) is 12.6 Å². The number of hydrogen-bond acceptors (Lipinski definition) is 2. The lowest BCUT2D eigenvalue weighted by molar-refractivity contribution is 0.350. The molecule has 0 saturated heterocycles. The van der Waals surface area contributed by atoms with Crippen LogP contribution in [0.1, 0.15) is 31.9 Å². The van der Waals surface area contributed by atoms with Gasteiger partial charge in [0.2, 0.25) is 0 Å². The third-order valence-corrected chi connectivity index (χ3v) is 3.71. The Bertz CT molecular complexity index is 437. The van der Waals surface area contributed by atoms with E-state index in [1.165, 1.54) is 5.54 Å². The van der Waals surface area contributed by atoms with Crippen molar-refractivity contribution in [3.8, 4) is 5.75 Å². The van der Waals surface area contributed by atoms with E-state index < -0.39 is 0 Å². The van der Waals surface area contributed by atoms with E-state index in [4.69, 9.17) is 27.9 Å². The minimum absolute atomic E-state index is 0.214. The number of ether oxygens (including phenoxy) is 1. The van der Waals surface area contributed by atoms with E-state index >= 15 is 0 Å². The van der Waals surface area contributed by atoms with Gasteiger partial charge in [-0.1, -0.05) is 46.1 Å². The van der Waals surface area contributed by atoms with Crippen molar-refractivity contribution >= 4 is 39.1 Å². The monoisotopic (exact) mass is 365 g/mol. The molecule has 2 nitrogen and oxygen atoms in total. The molecule has 0 saturated carbocycles. The largest absolute Gasteiger partial charge is 0.488 e. The van der Waals surface area contributed by atoms with Gasteiger partial charge in [-0.3, -0.25) is 0 Å². The van der Waals surface area contributed by atoms with Crippen LogP contribution in [0, 0.1) is 0 Å². The molecule has 0 spiro atoms. The second-order valence-corrected chi connectivity index (χ2v) is 5.82. The van der Waals surface area contributed by atoms with Crippen molar-refractivity contribution in [3.05, 3.63) is 38.8 Å². The van der Waals surface area contributed by atoms with Crippen molar-refractivity contribution in [2.24, 2.45) is 0 Å². The zero-order valence-corrected chi connectivity index (χ0v) is 14.1. The van der Waals surface area contributed by atoms with Gasteiger partial charge in [0.05, 0.1) is 5.03 Å². The van der Waals surface area contributed by atoms with E-state index in [0.29, 0.717) is 5.03 Å². The molecule has 0 heterocycles. The fourth-order valence-electron chi connectivity index (χ4n) is 1.64. The Morgan fingerprint density at radius 2 is 2.26 bits per heavy atom. The molecule has 106 valence electrons. The summed E-state index contributed by atoms with van der Waals surface area (Å²) in [5.74, 6) is 0.816. The quantitative estimate of drug-likeness (QED) is 0.715. The van der Waals surface area contributed by atoms with Gasteiger partial charge in [-0.05, 0) is 38.1 Å². The standard InChI is InChI=1S/C14H18BrCl2NO/c1-3-6-18-10(2)13-7-11(15)4-5-14(13)19-9-12(17)8-16/h4-5,7-8,10,18H,3,6,9H2,1-2H3. The van der Waals surface area contributed by atoms with E-state index in [1.807, 2.05) is 12.1 Å². The van der Waals surface area contributed by atoms with Gasteiger partial charge in [-0.15, -0.1) is 0 Å². The highest BCUT2D eigenvalue weighted by molar-refractivity contribution is 9.10. The van der Waals surface area contributed by atoms with Crippen molar-refractivity contribution in [1.82, 2.24) is 5.32 Å². The van der Waals surface area contributed by atoms with E-state index in [9.17, 15) is 0 Å². The van der Waals surface area contributed by atoms with Gasteiger partial charge in [-0.25, -0.2) is 0 Å². The van der Waals surface area contributed by atoms with Crippen LogP contribution >= 0.6 is 39.1 Å². The summed E-state index contributed by atoms with van der Waals surface area (Å²) in [6, 6.07) is 6.15. The molecule has 5 heteroatoms. The average molecular weight is 367 g/mol. The van der Waals surface area contributed by atoms with Gasteiger partial charge in [0.25, 0.3) is 0 Å². The highest BCUT2D eigenvalue weighted by atomic mass is 79.9. The summed E-state index contributed by atoms with van der Waals surface area (Å²) in [5.41, 5.74) is 2.42. The minimum Gasteiger partial charge on any atom is -0.488 e. The predicted octanol–water partition coefficient (Wildman–Crippen LogP) is 5.21. The van der Waals surface area contributed by atoms with E-state index in [2.05, 4.69) is 41.2 Å². The molecule has 0 aliphatic heterocycles. The molecule has 1 N–H and O–H groups in total. The molecule has 1 rings (SSSR count). The van der Waals surface area contributed by atoms with Gasteiger partial charge < -0.3 is 10.1 Å². The van der Waals surface area contributed by atoms with Crippen LogP contribution in [-0.2, 0) is 0 Å². The first-order chi connectivity index (χ1) is 9.08. The van der Waals surface area contributed by atoms with Crippen molar-refractivity contribution in [2.75, 3.05) is 13.2 Å². The highest BCUT2D eigenvalue weighted by Crippen LogP contribution is 2.29. The molecule has 1 aromatic rings. The SMILES string of the molecule is CCCNC(C)c1cc(Br)ccc1OCC(Cl)=CCl. The lowest BCUT2D eigenvalue weighted by Gasteiger charge is -2.18. The summed E-state index contributed by atoms with van der Waals surface area (Å²) in [4.78, 5) is 0. The molecule has 0 radical (unpaired) electrons. The maximum absolute atomic E-state index is 5.84. The number of rotatable bonds is 7. The van der Waals surface area contributed by atoms with Gasteiger partial charge in [0.15, 0.2) is 0 Å². The third kappa shape index (κ3) is 5.74. The molecular weight excluding hydrogens is 349 g/mol. The molecular formula is C14H18BrCl2NO. The van der Waals surface area contributed by atoms with Crippen LogP contribution in [-0.4, -0.2) is 13.2 Å². The molecule has 1 atom stereocenters. The predicted molar refractivity (Wildman–Crippen MR) is 86.1 cm³/mol. The molecule has 1 unspecified atom stereocenters. The molecule has 0 aromatic heterocycles. The summed E-state index contributed by atoms with van der Waals surface area (Å²) in [5, 5.41) is 3.92. The number of hydrogen-bond donors (Lipinski definition) is 1. The molecule has 0 bridgehead atoms. The van der Waals surface area contributed by atoms with Crippen molar-refractivity contribution in [1.29, 1.82) is 0 Å². The zero-order valence-electron chi connectivity index (χ0n) is 11.1. The van der Waals surface area contributed by atoms with Crippen LogP contribution < -0.4 is 10.1 Å². The van der Waals surface area contributed by atoms with E-state index in [0.717, 1.165) is 28.8 Å². The van der Waals surface area contributed by atoms with Crippen LogP contribution in [0.15, 0.2) is 33.2 Å². The normalized spacial score (nSPS) is 13.4. The van der Waals surface area contributed by atoms with Crippen LogP contribution in [0.2, 0.25) is 0 Å². The van der Waals surface area contributed by atoms with Crippen molar-refractivity contribution in [3.63, 3.8) is 0 Å². The Labute approximate surface area is 133 Å².